The number of nitrogens with one attached hydrogen (secondary N) is 3. The van der Waals surface area contributed by atoms with Crippen molar-refractivity contribution >= 4 is 29.3 Å². The predicted octanol–water partition coefficient (Wildman–Crippen LogP) is 2.32. The van der Waals surface area contributed by atoms with Gasteiger partial charge in [0, 0.05) is 36.0 Å². The molecule has 3 rings (SSSR count). The first-order valence-electron chi connectivity index (χ1n) is 9.68. The highest BCUT2D eigenvalue weighted by Crippen LogP contribution is 2.28. The van der Waals surface area contributed by atoms with Gasteiger partial charge >= 0.3 is 0 Å². The van der Waals surface area contributed by atoms with Crippen LogP contribution in [0.3, 0.4) is 0 Å². The Kier molecular flexibility index (Phi) is 7.25. The van der Waals surface area contributed by atoms with E-state index < -0.39 is 6.04 Å². The number of hydrogen-bond acceptors (Lipinski definition) is 3. The minimum atomic E-state index is -0.736. The third kappa shape index (κ3) is 6.61. The van der Waals surface area contributed by atoms with Gasteiger partial charge in [-0.3, -0.25) is 14.4 Å². The van der Waals surface area contributed by atoms with Gasteiger partial charge in [-0.1, -0.05) is 41.9 Å². The average Bonchev–Trinajstić information content (AvgIpc) is 3.57. The van der Waals surface area contributed by atoms with Crippen LogP contribution in [0.1, 0.15) is 28.8 Å². The van der Waals surface area contributed by atoms with Gasteiger partial charge in [-0.2, -0.15) is 0 Å². The van der Waals surface area contributed by atoms with E-state index in [-0.39, 0.29) is 23.6 Å². The number of hydrogen-bond donors (Lipinski definition) is 3. The van der Waals surface area contributed by atoms with Crippen molar-refractivity contribution in [3.63, 3.8) is 0 Å². The van der Waals surface area contributed by atoms with Crippen LogP contribution >= 0.6 is 11.6 Å². The van der Waals surface area contributed by atoms with Gasteiger partial charge in [-0.15, -0.1) is 0 Å². The van der Waals surface area contributed by atoms with Gasteiger partial charge < -0.3 is 16.0 Å². The van der Waals surface area contributed by atoms with E-state index in [1.54, 1.807) is 24.3 Å². The topological polar surface area (TPSA) is 87.3 Å². The first-order chi connectivity index (χ1) is 14.0. The summed E-state index contributed by atoms with van der Waals surface area (Å²) in [6, 6.07) is 15.2. The summed E-state index contributed by atoms with van der Waals surface area (Å²) in [7, 11) is 0. The second-order valence-corrected chi connectivity index (χ2v) is 7.52. The summed E-state index contributed by atoms with van der Waals surface area (Å²) in [6.07, 6.45) is 2.24. The lowest BCUT2D eigenvalue weighted by atomic mass is 10.0. The van der Waals surface area contributed by atoms with Gasteiger partial charge in [0.1, 0.15) is 6.04 Å². The maximum Gasteiger partial charge on any atom is 0.251 e. The molecule has 0 bridgehead atoms. The number of carbonyl (C=O) groups excluding carboxylic acids is 3. The zero-order chi connectivity index (χ0) is 20.6. The van der Waals surface area contributed by atoms with E-state index in [0.717, 1.165) is 18.4 Å². The Hall–Kier alpha value is -2.86. The number of carbonyl (C=O) groups is 3. The molecular weight excluding hydrogens is 390 g/mol. The lowest BCUT2D eigenvalue weighted by Gasteiger charge is -2.19. The van der Waals surface area contributed by atoms with E-state index in [1.807, 2.05) is 30.3 Å². The number of rotatable bonds is 9. The van der Waals surface area contributed by atoms with Crippen molar-refractivity contribution in [2.24, 2.45) is 5.92 Å². The summed E-state index contributed by atoms with van der Waals surface area (Å²) < 4.78 is 0. The van der Waals surface area contributed by atoms with E-state index in [4.69, 9.17) is 11.6 Å². The van der Waals surface area contributed by atoms with Crippen LogP contribution in [0.2, 0.25) is 5.02 Å². The lowest BCUT2D eigenvalue weighted by Crippen LogP contribution is -2.49. The molecule has 0 heterocycles. The zero-order valence-corrected chi connectivity index (χ0v) is 16.7. The first kappa shape index (κ1) is 20.9. The molecule has 1 atom stereocenters. The second kappa shape index (κ2) is 10.1. The summed E-state index contributed by atoms with van der Waals surface area (Å²) in [5.74, 6) is -0.469. The molecule has 1 aliphatic carbocycles. The van der Waals surface area contributed by atoms with Crippen LogP contribution in [0.5, 0.6) is 0 Å². The Morgan fingerprint density at radius 1 is 0.931 bits per heavy atom. The van der Waals surface area contributed by atoms with Gasteiger partial charge in [0.2, 0.25) is 11.8 Å². The van der Waals surface area contributed by atoms with Crippen LogP contribution in [-0.2, 0) is 16.0 Å². The molecule has 3 N–H and O–H groups in total. The quantitative estimate of drug-likeness (QED) is 0.551. The molecule has 2 aromatic carbocycles. The first-order valence-corrected chi connectivity index (χ1v) is 10.1. The minimum Gasteiger partial charge on any atom is -0.354 e. The molecule has 1 fully saturated rings. The highest BCUT2D eigenvalue weighted by atomic mass is 35.5. The van der Waals surface area contributed by atoms with Crippen LogP contribution < -0.4 is 16.0 Å². The Morgan fingerprint density at radius 2 is 1.59 bits per heavy atom. The average molecular weight is 414 g/mol. The largest absolute Gasteiger partial charge is 0.354 e. The standard InChI is InChI=1S/C22H24ClN3O3/c23-18-10-8-17(9-11-18)21(28)26-19(14-15-4-2-1-3-5-15)22(29)25-13-12-24-20(27)16-6-7-16/h1-5,8-11,16,19H,6-7,12-14H2,(H,24,27)(H,25,29)(H,26,28). The molecule has 29 heavy (non-hydrogen) atoms. The maximum absolute atomic E-state index is 12.7. The minimum absolute atomic E-state index is 0.0381. The van der Waals surface area contributed by atoms with E-state index in [2.05, 4.69) is 16.0 Å². The van der Waals surface area contributed by atoms with Crippen LogP contribution in [0.25, 0.3) is 0 Å². The third-order valence-electron chi connectivity index (χ3n) is 4.68. The van der Waals surface area contributed by atoms with Crippen molar-refractivity contribution in [2.75, 3.05) is 13.1 Å². The fourth-order valence-corrected chi connectivity index (χ4v) is 3.01. The number of amides is 3. The molecule has 1 aliphatic rings. The van der Waals surface area contributed by atoms with Crippen molar-refractivity contribution in [2.45, 2.75) is 25.3 Å². The summed E-state index contributed by atoms with van der Waals surface area (Å²) >= 11 is 5.87. The van der Waals surface area contributed by atoms with E-state index in [9.17, 15) is 14.4 Å². The molecule has 152 valence electrons. The maximum atomic E-state index is 12.7. The molecule has 3 amide bonds. The van der Waals surface area contributed by atoms with Crippen molar-refractivity contribution in [1.29, 1.82) is 0 Å². The lowest BCUT2D eigenvalue weighted by molar-refractivity contribution is -0.124. The molecule has 0 radical (unpaired) electrons. The Balaban J connectivity index is 1.58. The Morgan fingerprint density at radius 3 is 2.24 bits per heavy atom. The molecular formula is C22H24ClN3O3. The van der Waals surface area contributed by atoms with Crippen molar-refractivity contribution in [3.8, 4) is 0 Å². The van der Waals surface area contributed by atoms with Gasteiger partial charge in [0.15, 0.2) is 0 Å². The fraction of sp³-hybridized carbons (Fsp3) is 0.318. The van der Waals surface area contributed by atoms with Gasteiger partial charge in [-0.05, 0) is 42.7 Å². The molecule has 6 nitrogen and oxygen atoms in total. The zero-order valence-electron chi connectivity index (χ0n) is 16.0. The van der Waals surface area contributed by atoms with Crippen LogP contribution in [0.4, 0.5) is 0 Å². The third-order valence-corrected chi connectivity index (χ3v) is 4.93. The van der Waals surface area contributed by atoms with Gasteiger partial charge in [-0.25, -0.2) is 0 Å². The van der Waals surface area contributed by atoms with Crippen molar-refractivity contribution in [1.82, 2.24) is 16.0 Å². The van der Waals surface area contributed by atoms with E-state index >= 15 is 0 Å². The molecule has 1 unspecified atom stereocenters. The van der Waals surface area contributed by atoms with Crippen LogP contribution in [0.15, 0.2) is 54.6 Å². The molecule has 7 heteroatoms. The van der Waals surface area contributed by atoms with Crippen LogP contribution in [-0.4, -0.2) is 36.9 Å². The molecule has 0 saturated heterocycles. The molecule has 0 aliphatic heterocycles. The highest BCUT2D eigenvalue weighted by molar-refractivity contribution is 6.30. The molecule has 0 spiro atoms. The summed E-state index contributed by atoms with van der Waals surface area (Å²) in [5, 5.41) is 8.93. The van der Waals surface area contributed by atoms with E-state index in [1.165, 1.54) is 0 Å². The molecule has 0 aromatic heterocycles. The summed E-state index contributed by atoms with van der Waals surface area (Å²) in [4.78, 5) is 36.9. The normalized spacial score (nSPS) is 14.0. The van der Waals surface area contributed by atoms with Crippen molar-refractivity contribution < 1.29 is 14.4 Å². The monoisotopic (exact) mass is 413 g/mol. The second-order valence-electron chi connectivity index (χ2n) is 7.08. The number of halogens is 1. The molecule has 2 aromatic rings. The predicted molar refractivity (Wildman–Crippen MR) is 112 cm³/mol. The number of benzene rings is 2. The summed E-state index contributed by atoms with van der Waals surface area (Å²) in [5.41, 5.74) is 1.36. The Labute approximate surface area is 175 Å². The fourth-order valence-electron chi connectivity index (χ4n) is 2.89. The SMILES string of the molecule is O=C(NC(Cc1ccccc1)C(=O)NCCNC(=O)C1CC1)c1ccc(Cl)cc1. The van der Waals surface area contributed by atoms with Crippen LogP contribution in [0, 0.1) is 5.92 Å². The van der Waals surface area contributed by atoms with E-state index in [0.29, 0.717) is 30.1 Å². The molecule has 1 saturated carbocycles. The van der Waals surface area contributed by atoms with Gasteiger partial charge in [0.05, 0.1) is 0 Å². The summed E-state index contributed by atoms with van der Waals surface area (Å²) in [6.45, 7) is 0.670. The van der Waals surface area contributed by atoms with Crippen molar-refractivity contribution in [3.05, 3.63) is 70.7 Å². The Bertz CT molecular complexity index is 851. The highest BCUT2D eigenvalue weighted by Gasteiger charge is 2.29. The smallest absolute Gasteiger partial charge is 0.251 e. The van der Waals surface area contributed by atoms with Gasteiger partial charge in [0.25, 0.3) is 5.91 Å².